The largest absolute Gasteiger partial charge is 0.494 e. The molecule has 2 aromatic carbocycles. The van der Waals surface area contributed by atoms with Gasteiger partial charge in [-0.2, -0.15) is 8.42 Å². The zero-order chi connectivity index (χ0) is 30.2. The minimum absolute atomic E-state index is 0.168. The first kappa shape index (κ1) is 29.9. The molecule has 222 valence electrons. The minimum Gasteiger partial charge on any atom is -0.494 e. The first-order valence-electron chi connectivity index (χ1n) is 13.5. The van der Waals surface area contributed by atoms with Gasteiger partial charge in [0, 0.05) is 40.1 Å². The number of thiophene rings is 1. The molecule has 9 nitrogen and oxygen atoms in total. The van der Waals surface area contributed by atoms with Crippen LogP contribution in [0.5, 0.6) is 5.75 Å². The van der Waals surface area contributed by atoms with Crippen LogP contribution in [0.2, 0.25) is 0 Å². The smallest absolute Gasteiger partial charge is 0.341 e. The van der Waals surface area contributed by atoms with Crippen LogP contribution in [0.15, 0.2) is 53.5 Å². The molecule has 1 unspecified atom stereocenters. The number of rotatable bonds is 7. The highest BCUT2D eigenvalue weighted by Gasteiger charge is 2.30. The van der Waals surface area contributed by atoms with Gasteiger partial charge in [-0.15, -0.1) is 11.3 Å². The fourth-order valence-electron chi connectivity index (χ4n) is 5.34. The Bertz CT molecular complexity index is 1800. The molecule has 0 saturated heterocycles. The molecule has 6 rings (SSSR count). The Kier molecular flexibility index (Phi) is 8.51. The molecule has 3 N–H and O–H groups in total. The van der Waals surface area contributed by atoms with Gasteiger partial charge < -0.3 is 19.7 Å². The molecule has 1 fully saturated rings. The Morgan fingerprint density at radius 1 is 1.17 bits per heavy atom. The maximum Gasteiger partial charge on any atom is 0.341 e. The summed E-state index contributed by atoms with van der Waals surface area (Å²) in [6, 6.07) is 12.8. The second-order valence-corrected chi connectivity index (χ2v) is 13.1. The number of aromatic nitrogens is 1. The summed E-state index contributed by atoms with van der Waals surface area (Å²) in [5, 5.41) is 13.6. The molecule has 0 aliphatic heterocycles. The number of pyridine rings is 1. The second kappa shape index (κ2) is 12.0. The predicted molar refractivity (Wildman–Crippen MR) is 160 cm³/mol. The molecule has 0 radical (unpaired) electrons. The summed E-state index contributed by atoms with van der Waals surface area (Å²) < 4.78 is 47.0. The maximum absolute atomic E-state index is 13.3. The highest BCUT2D eigenvalue weighted by molar-refractivity contribution is 7.85. The standard InChI is InChI=1S/C29H27FN2O4S.CH4O3S/c1-36-27-20(11-12-21-25(27)32(19-9-10-19)15-22(26(21)33)29(34)35)24-13-17-3-2-4-23(28(17)37-24)31-14-16-5-7-18(30)8-6-16;1-5(2,3)4/h5-8,11-13,15,19,23,31H,2-4,9-10,14H2,1H3,(H,34,35);1H3,(H,2,3,4). The van der Waals surface area contributed by atoms with Crippen molar-refractivity contribution in [2.75, 3.05) is 13.4 Å². The number of methoxy groups -OCH3 is 1. The SMILES string of the molecule is COc1c(-c2cc3c(s2)C(NCc2ccc(F)cc2)CCC3)ccc2c(=O)c(C(=O)O)cn(C3CC3)c12.CS(=O)(=O)O. The van der Waals surface area contributed by atoms with Crippen LogP contribution in [-0.2, 0) is 23.1 Å². The van der Waals surface area contributed by atoms with Crippen molar-refractivity contribution in [2.24, 2.45) is 0 Å². The van der Waals surface area contributed by atoms with Crippen molar-refractivity contribution in [1.29, 1.82) is 0 Å². The number of ether oxygens (including phenoxy) is 1. The lowest BCUT2D eigenvalue weighted by Crippen LogP contribution is -2.23. The van der Waals surface area contributed by atoms with Gasteiger partial charge in [-0.1, -0.05) is 12.1 Å². The average molecular weight is 615 g/mol. The molecule has 0 spiro atoms. The summed E-state index contributed by atoms with van der Waals surface area (Å²) in [7, 11) is -2.06. The summed E-state index contributed by atoms with van der Waals surface area (Å²) in [5.74, 6) is -0.843. The van der Waals surface area contributed by atoms with Gasteiger partial charge in [0.1, 0.15) is 11.4 Å². The summed E-state index contributed by atoms with van der Waals surface area (Å²) >= 11 is 1.73. The van der Waals surface area contributed by atoms with E-state index in [2.05, 4.69) is 11.4 Å². The molecule has 1 saturated carbocycles. The van der Waals surface area contributed by atoms with Gasteiger partial charge in [0.2, 0.25) is 5.43 Å². The van der Waals surface area contributed by atoms with Crippen molar-refractivity contribution >= 4 is 38.3 Å². The van der Waals surface area contributed by atoms with Crippen molar-refractivity contribution in [3.05, 3.63) is 86.3 Å². The molecule has 2 aliphatic carbocycles. The molecule has 42 heavy (non-hydrogen) atoms. The fourth-order valence-corrected chi connectivity index (χ4v) is 6.69. The second-order valence-electron chi connectivity index (χ2n) is 10.5. The number of aryl methyl sites for hydroxylation is 1. The number of fused-ring (bicyclic) bond motifs is 2. The van der Waals surface area contributed by atoms with Crippen LogP contribution < -0.4 is 15.5 Å². The lowest BCUT2D eigenvalue weighted by Gasteiger charge is -2.23. The third-order valence-electron chi connectivity index (χ3n) is 7.35. The van der Waals surface area contributed by atoms with Gasteiger partial charge in [-0.25, -0.2) is 9.18 Å². The summed E-state index contributed by atoms with van der Waals surface area (Å²) in [4.78, 5) is 27.1. The Morgan fingerprint density at radius 2 is 1.86 bits per heavy atom. The molecular weight excluding hydrogens is 583 g/mol. The molecule has 4 aromatic rings. The summed E-state index contributed by atoms with van der Waals surface area (Å²) in [6.45, 7) is 0.663. The fraction of sp³-hybridized carbons (Fsp3) is 0.333. The van der Waals surface area contributed by atoms with Gasteiger partial charge in [-0.05, 0) is 73.6 Å². The zero-order valence-corrected chi connectivity index (χ0v) is 24.7. The number of carbonyl (C=O) groups is 1. The van der Waals surface area contributed by atoms with E-state index in [0.29, 0.717) is 29.5 Å². The van der Waals surface area contributed by atoms with Crippen LogP contribution in [0.25, 0.3) is 21.3 Å². The first-order valence-corrected chi connectivity index (χ1v) is 16.1. The number of halogens is 1. The van der Waals surface area contributed by atoms with Crippen LogP contribution in [0.4, 0.5) is 4.39 Å². The first-order chi connectivity index (χ1) is 19.9. The van der Waals surface area contributed by atoms with E-state index in [9.17, 15) is 27.5 Å². The normalized spacial score (nSPS) is 16.4. The van der Waals surface area contributed by atoms with E-state index in [1.54, 1.807) is 36.6 Å². The van der Waals surface area contributed by atoms with Crippen molar-refractivity contribution in [2.45, 2.75) is 50.7 Å². The lowest BCUT2D eigenvalue weighted by atomic mass is 9.94. The molecule has 1 atom stereocenters. The van der Waals surface area contributed by atoms with E-state index in [1.807, 2.05) is 10.6 Å². The van der Waals surface area contributed by atoms with Crippen LogP contribution >= 0.6 is 11.3 Å². The Balaban J connectivity index is 0.000000652. The van der Waals surface area contributed by atoms with Crippen LogP contribution in [-0.4, -0.2) is 42.0 Å². The third-order valence-corrected chi connectivity index (χ3v) is 8.67. The molecule has 0 amide bonds. The molecule has 0 bridgehead atoms. The number of hydrogen-bond donors (Lipinski definition) is 3. The zero-order valence-electron chi connectivity index (χ0n) is 23.1. The lowest BCUT2D eigenvalue weighted by molar-refractivity contribution is 0.0694. The molecule has 12 heteroatoms. The summed E-state index contributed by atoms with van der Waals surface area (Å²) in [6.07, 6.45) is 7.20. The number of hydrogen-bond acceptors (Lipinski definition) is 7. The maximum atomic E-state index is 13.3. The summed E-state index contributed by atoms with van der Waals surface area (Å²) in [5.41, 5.74) is 3.22. The average Bonchev–Trinajstić information content (AvgIpc) is 3.68. The Labute approximate surface area is 246 Å². The predicted octanol–water partition coefficient (Wildman–Crippen LogP) is 5.58. The third kappa shape index (κ3) is 6.57. The topological polar surface area (TPSA) is 135 Å². The molecule has 2 aliphatic rings. The van der Waals surface area contributed by atoms with Crippen LogP contribution in [0.1, 0.15) is 64.1 Å². The Morgan fingerprint density at radius 3 is 2.48 bits per heavy atom. The molecular formula is C30H31FN2O7S2. The molecule has 2 heterocycles. The van der Waals surface area contributed by atoms with Gasteiger partial charge in [0.25, 0.3) is 10.1 Å². The van der Waals surface area contributed by atoms with Gasteiger partial charge >= 0.3 is 5.97 Å². The minimum atomic E-state index is -3.67. The molecule has 2 aromatic heterocycles. The highest BCUT2D eigenvalue weighted by Crippen LogP contribution is 2.46. The number of benzene rings is 2. The van der Waals surface area contributed by atoms with E-state index < -0.39 is 21.5 Å². The van der Waals surface area contributed by atoms with E-state index in [4.69, 9.17) is 9.29 Å². The van der Waals surface area contributed by atoms with E-state index in [1.165, 1.54) is 28.8 Å². The number of nitrogens with zero attached hydrogens (tertiary/aromatic N) is 1. The van der Waals surface area contributed by atoms with Crippen LogP contribution in [0, 0.1) is 5.82 Å². The quantitative estimate of drug-likeness (QED) is 0.230. The van der Waals surface area contributed by atoms with Crippen LogP contribution in [0.3, 0.4) is 0 Å². The monoisotopic (exact) mass is 614 g/mol. The van der Waals surface area contributed by atoms with E-state index >= 15 is 0 Å². The highest BCUT2D eigenvalue weighted by atomic mass is 32.2. The van der Waals surface area contributed by atoms with Crippen molar-refractivity contribution in [3.8, 4) is 16.2 Å². The number of aromatic carboxylic acids is 1. The number of carboxylic acids is 1. The van der Waals surface area contributed by atoms with Crippen molar-refractivity contribution < 1.29 is 32.0 Å². The number of nitrogens with one attached hydrogen (secondary N) is 1. The van der Waals surface area contributed by atoms with Gasteiger partial charge in [0.05, 0.1) is 24.3 Å². The Hall–Kier alpha value is -3.58. The van der Waals surface area contributed by atoms with Gasteiger partial charge in [0.15, 0.2) is 5.75 Å². The van der Waals surface area contributed by atoms with E-state index in [-0.39, 0.29) is 23.5 Å². The van der Waals surface area contributed by atoms with Crippen molar-refractivity contribution in [1.82, 2.24) is 9.88 Å². The van der Waals surface area contributed by atoms with Crippen molar-refractivity contribution in [3.63, 3.8) is 0 Å². The van der Waals surface area contributed by atoms with Gasteiger partial charge in [-0.3, -0.25) is 9.35 Å². The van der Waals surface area contributed by atoms with E-state index in [0.717, 1.165) is 48.1 Å². The number of carboxylic acid groups (broad SMARTS) is 1.